The molecular formula is C16H17N5O4. The van der Waals surface area contributed by atoms with Gasteiger partial charge in [-0.05, 0) is 25.5 Å². The van der Waals surface area contributed by atoms with Crippen LogP contribution in [0.3, 0.4) is 0 Å². The van der Waals surface area contributed by atoms with Crippen molar-refractivity contribution in [1.29, 1.82) is 0 Å². The number of nitro groups is 1. The molecule has 2 N–H and O–H groups in total. The number of rotatable bonds is 5. The van der Waals surface area contributed by atoms with E-state index >= 15 is 0 Å². The Morgan fingerprint density at radius 1 is 1.44 bits per heavy atom. The van der Waals surface area contributed by atoms with E-state index in [4.69, 9.17) is 4.52 Å². The van der Waals surface area contributed by atoms with Crippen molar-refractivity contribution in [2.75, 3.05) is 0 Å². The molecule has 2 aromatic heterocycles. The lowest BCUT2D eigenvalue weighted by Crippen LogP contribution is -2.40. The van der Waals surface area contributed by atoms with E-state index in [2.05, 4.69) is 20.4 Å². The fourth-order valence-corrected chi connectivity index (χ4v) is 2.67. The van der Waals surface area contributed by atoms with Crippen LogP contribution in [0.2, 0.25) is 0 Å². The second kappa shape index (κ2) is 6.00. The van der Waals surface area contributed by atoms with Crippen molar-refractivity contribution in [1.82, 2.24) is 20.4 Å². The smallest absolute Gasteiger partial charge is 0.270 e. The third-order valence-electron chi connectivity index (χ3n) is 3.82. The summed E-state index contributed by atoms with van der Waals surface area (Å²) in [6, 6.07) is 4.62. The zero-order chi connectivity index (χ0) is 18.2. The van der Waals surface area contributed by atoms with Crippen LogP contribution in [0.25, 0.3) is 10.9 Å². The van der Waals surface area contributed by atoms with Crippen molar-refractivity contribution in [2.24, 2.45) is 0 Å². The van der Waals surface area contributed by atoms with Crippen LogP contribution in [-0.2, 0) is 16.8 Å². The van der Waals surface area contributed by atoms with Gasteiger partial charge in [0.2, 0.25) is 11.8 Å². The Morgan fingerprint density at radius 2 is 2.20 bits per heavy atom. The van der Waals surface area contributed by atoms with Gasteiger partial charge in [-0.1, -0.05) is 5.16 Å². The first-order chi connectivity index (χ1) is 11.8. The number of aromatic amines is 1. The highest BCUT2D eigenvalue weighted by Gasteiger charge is 2.27. The summed E-state index contributed by atoms with van der Waals surface area (Å²) in [6.07, 6.45) is 2.08. The number of hydrogen-bond donors (Lipinski definition) is 2. The lowest BCUT2D eigenvalue weighted by molar-refractivity contribution is -0.384. The molecule has 1 aromatic carbocycles. The Morgan fingerprint density at radius 3 is 2.88 bits per heavy atom. The van der Waals surface area contributed by atoms with E-state index in [0.29, 0.717) is 18.1 Å². The summed E-state index contributed by atoms with van der Waals surface area (Å²) in [5.41, 5.74) is 0.864. The molecular weight excluding hydrogens is 326 g/mol. The van der Waals surface area contributed by atoms with Crippen molar-refractivity contribution in [3.05, 3.63) is 51.8 Å². The maximum Gasteiger partial charge on any atom is 0.270 e. The Hall–Kier alpha value is -3.23. The molecule has 0 unspecified atom stereocenters. The number of non-ortho nitro benzene ring substituents is 1. The third kappa shape index (κ3) is 3.35. The number of amides is 1. The van der Waals surface area contributed by atoms with Gasteiger partial charge in [-0.3, -0.25) is 14.9 Å². The molecule has 0 spiro atoms. The van der Waals surface area contributed by atoms with Gasteiger partial charge in [0, 0.05) is 36.2 Å². The number of carbonyl (C=O) groups excluding carboxylic acids is 1. The van der Waals surface area contributed by atoms with Gasteiger partial charge in [-0.25, -0.2) is 0 Å². The largest absolute Gasteiger partial charge is 0.361 e. The van der Waals surface area contributed by atoms with Crippen molar-refractivity contribution in [3.8, 4) is 0 Å². The first-order valence-corrected chi connectivity index (χ1v) is 7.62. The molecule has 1 amide bonds. The monoisotopic (exact) mass is 343 g/mol. The lowest BCUT2D eigenvalue weighted by Gasteiger charge is -2.20. The highest BCUT2D eigenvalue weighted by atomic mass is 16.6. The van der Waals surface area contributed by atoms with Crippen LogP contribution in [0.4, 0.5) is 5.69 Å². The minimum Gasteiger partial charge on any atom is -0.361 e. The van der Waals surface area contributed by atoms with Crippen LogP contribution >= 0.6 is 0 Å². The zero-order valence-electron chi connectivity index (χ0n) is 14.0. The minimum atomic E-state index is -0.757. The molecule has 130 valence electrons. The number of benzene rings is 1. The summed E-state index contributed by atoms with van der Waals surface area (Å²) in [7, 11) is 0. The topological polar surface area (TPSA) is 127 Å². The molecule has 0 radical (unpaired) electrons. The van der Waals surface area contributed by atoms with Crippen molar-refractivity contribution < 1.29 is 14.2 Å². The maximum absolute atomic E-state index is 11.3. The molecule has 0 aliphatic rings. The molecule has 0 fully saturated rings. The van der Waals surface area contributed by atoms with Gasteiger partial charge < -0.3 is 14.8 Å². The number of nitrogens with one attached hydrogen (secondary N) is 2. The lowest BCUT2D eigenvalue weighted by atomic mass is 10.1. The molecule has 0 bridgehead atoms. The normalized spacial score (nSPS) is 11.6. The Kier molecular flexibility index (Phi) is 3.99. The number of hydrogen-bond acceptors (Lipinski definition) is 6. The van der Waals surface area contributed by atoms with Gasteiger partial charge in [0.15, 0.2) is 5.82 Å². The van der Waals surface area contributed by atoms with Crippen LogP contribution < -0.4 is 5.32 Å². The van der Waals surface area contributed by atoms with Crippen LogP contribution in [0.1, 0.15) is 38.0 Å². The molecule has 9 nitrogen and oxygen atoms in total. The molecule has 0 aliphatic heterocycles. The zero-order valence-corrected chi connectivity index (χ0v) is 14.0. The summed E-state index contributed by atoms with van der Waals surface area (Å²) in [5, 5.41) is 18.4. The van der Waals surface area contributed by atoms with Crippen LogP contribution in [0.5, 0.6) is 0 Å². The van der Waals surface area contributed by atoms with E-state index in [-0.39, 0.29) is 11.6 Å². The number of nitrogens with zero attached hydrogens (tertiary/aromatic N) is 3. The number of fused-ring (bicyclic) bond motifs is 1. The predicted octanol–water partition coefficient (Wildman–Crippen LogP) is 2.42. The summed E-state index contributed by atoms with van der Waals surface area (Å²) < 4.78 is 5.27. The molecule has 3 rings (SSSR count). The van der Waals surface area contributed by atoms with Gasteiger partial charge in [0.1, 0.15) is 0 Å². The van der Waals surface area contributed by atoms with Crippen LogP contribution in [0.15, 0.2) is 28.9 Å². The molecule has 2 heterocycles. The Labute approximate surface area is 142 Å². The van der Waals surface area contributed by atoms with Gasteiger partial charge in [-0.15, -0.1) is 0 Å². The predicted molar refractivity (Wildman–Crippen MR) is 88.9 cm³/mol. The first kappa shape index (κ1) is 16.6. The number of carbonyl (C=O) groups is 1. The van der Waals surface area contributed by atoms with Crippen molar-refractivity contribution in [2.45, 2.75) is 32.7 Å². The van der Waals surface area contributed by atoms with E-state index in [9.17, 15) is 14.9 Å². The fourth-order valence-electron chi connectivity index (χ4n) is 2.67. The highest BCUT2D eigenvalue weighted by molar-refractivity contribution is 5.85. The molecule has 0 aliphatic carbocycles. The van der Waals surface area contributed by atoms with E-state index in [0.717, 1.165) is 16.5 Å². The Balaban J connectivity index is 1.88. The number of aromatic nitrogens is 3. The summed E-state index contributed by atoms with van der Waals surface area (Å²) in [4.78, 5) is 29.2. The molecule has 0 saturated heterocycles. The molecule has 0 saturated carbocycles. The second-order valence-electron chi connectivity index (χ2n) is 6.30. The first-order valence-electron chi connectivity index (χ1n) is 7.62. The molecule has 9 heteroatoms. The quantitative estimate of drug-likeness (QED) is 0.541. The van der Waals surface area contributed by atoms with Crippen molar-refractivity contribution >= 4 is 22.5 Å². The van der Waals surface area contributed by atoms with E-state index in [1.807, 2.05) is 0 Å². The number of nitro benzene ring substituents is 1. The summed E-state index contributed by atoms with van der Waals surface area (Å²) >= 11 is 0. The van der Waals surface area contributed by atoms with Crippen molar-refractivity contribution in [3.63, 3.8) is 0 Å². The highest BCUT2D eigenvalue weighted by Crippen LogP contribution is 2.26. The summed E-state index contributed by atoms with van der Waals surface area (Å²) in [6.45, 7) is 4.97. The van der Waals surface area contributed by atoms with Crippen LogP contribution in [0, 0.1) is 10.1 Å². The second-order valence-corrected chi connectivity index (χ2v) is 6.30. The standard InChI is InChI=1S/C16H17N5O4/c1-9(22)19-16(2,3)15-18-14(25-20-15)6-10-8-17-13-5-4-11(21(23)24)7-12(10)13/h4-5,7-8,17H,6H2,1-3H3,(H,19,22). The maximum atomic E-state index is 11.3. The van der Waals surface area contributed by atoms with E-state index in [1.54, 1.807) is 26.1 Å². The third-order valence-corrected chi connectivity index (χ3v) is 3.82. The average molecular weight is 343 g/mol. The SMILES string of the molecule is CC(=O)NC(C)(C)c1noc(Cc2c[nH]c3ccc([N+](=O)[O-])cc23)n1. The van der Waals surface area contributed by atoms with Gasteiger partial charge in [0.05, 0.1) is 16.9 Å². The van der Waals surface area contributed by atoms with E-state index in [1.165, 1.54) is 19.1 Å². The van der Waals surface area contributed by atoms with Crippen LogP contribution in [-0.4, -0.2) is 26.0 Å². The molecule has 25 heavy (non-hydrogen) atoms. The fraction of sp³-hybridized carbons (Fsp3) is 0.312. The summed E-state index contributed by atoms with van der Waals surface area (Å²) in [5.74, 6) is 0.532. The molecule has 0 atom stereocenters. The molecule has 3 aromatic rings. The minimum absolute atomic E-state index is 0.0198. The van der Waals surface area contributed by atoms with Gasteiger partial charge in [0.25, 0.3) is 5.69 Å². The van der Waals surface area contributed by atoms with Gasteiger partial charge >= 0.3 is 0 Å². The van der Waals surface area contributed by atoms with E-state index < -0.39 is 10.5 Å². The van der Waals surface area contributed by atoms with Gasteiger partial charge in [-0.2, -0.15) is 4.98 Å². The number of H-pyrrole nitrogens is 1. The Bertz CT molecular complexity index is 956. The average Bonchev–Trinajstić information content (AvgIpc) is 3.14.